The quantitative estimate of drug-likeness (QED) is 0.586. The van der Waals surface area contributed by atoms with Gasteiger partial charge in [-0.25, -0.2) is 0 Å². The van der Waals surface area contributed by atoms with Gasteiger partial charge in [0.05, 0.1) is 44.2 Å². The van der Waals surface area contributed by atoms with Gasteiger partial charge < -0.3 is 28.8 Å². The van der Waals surface area contributed by atoms with Crippen molar-refractivity contribution in [3.63, 3.8) is 0 Å². The molecule has 2 saturated heterocycles. The smallest absolute Gasteiger partial charge is 0.184 e. The van der Waals surface area contributed by atoms with E-state index in [9.17, 15) is 5.11 Å². The first kappa shape index (κ1) is 25.4. The molecule has 2 aliphatic heterocycles. The molecule has 0 saturated carbocycles. The van der Waals surface area contributed by atoms with Crippen molar-refractivity contribution in [3.8, 4) is 5.75 Å². The van der Waals surface area contributed by atoms with Crippen molar-refractivity contribution < 1.29 is 28.8 Å². The van der Waals surface area contributed by atoms with E-state index in [1.165, 1.54) is 0 Å². The lowest BCUT2D eigenvalue weighted by molar-refractivity contribution is -0.257. The van der Waals surface area contributed by atoms with E-state index in [-0.39, 0.29) is 42.2 Å². The fraction of sp³-hybridized carbons (Fsp3) is 0.769. The van der Waals surface area contributed by atoms with Crippen molar-refractivity contribution in [1.29, 1.82) is 0 Å². The molecule has 3 rings (SSSR count). The van der Waals surface area contributed by atoms with E-state index < -0.39 is 12.4 Å². The van der Waals surface area contributed by atoms with Gasteiger partial charge in [-0.3, -0.25) is 0 Å². The summed E-state index contributed by atoms with van der Waals surface area (Å²) in [7, 11) is 3.43. The van der Waals surface area contributed by atoms with E-state index in [0.29, 0.717) is 6.61 Å². The molecule has 32 heavy (non-hydrogen) atoms. The highest BCUT2D eigenvalue weighted by Gasteiger charge is 2.38. The average Bonchev–Trinajstić information content (AvgIpc) is 2.81. The summed E-state index contributed by atoms with van der Waals surface area (Å²) in [5.41, 5.74) is 0.966. The Kier molecular flexibility index (Phi) is 9.38. The molecule has 6 nitrogen and oxygen atoms in total. The molecule has 0 aliphatic carbocycles. The van der Waals surface area contributed by atoms with Gasteiger partial charge in [-0.05, 0) is 50.7 Å². The van der Waals surface area contributed by atoms with Crippen LogP contribution in [0.4, 0.5) is 0 Å². The number of methoxy groups -OCH3 is 2. The summed E-state index contributed by atoms with van der Waals surface area (Å²) in [6.07, 6.45) is 3.50. The highest BCUT2D eigenvalue weighted by molar-refractivity contribution is 5.28. The minimum Gasteiger partial charge on any atom is -0.497 e. The monoisotopic (exact) mass is 450 g/mol. The fourth-order valence-electron chi connectivity index (χ4n) is 5.14. The van der Waals surface area contributed by atoms with Crippen LogP contribution in [-0.4, -0.2) is 56.5 Å². The van der Waals surface area contributed by atoms with Crippen molar-refractivity contribution in [2.45, 2.75) is 90.2 Å². The van der Waals surface area contributed by atoms with Gasteiger partial charge in [0.2, 0.25) is 0 Å². The summed E-state index contributed by atoms with van der Waals surface area (Å²) < 4.78 is 29.2. The predicted molar refractivity (Wildman–Crippen MR) is 124 cm³/mol. The van der Waals surface area contributed by atoms with Gasteiger partial charge in [0, 0.05) is 24.5 Å². The molecule has 0 unspecified atom stereocenters. The van der Waals surface area contributed by atoms with Crippen LogP contribution in [0, 0.1) is 17.8 Å². The molecule has 0 spiro atoms. The lowest BCUT2D eigenvalue weighted by Gasteiger charge is -2.41. The number of aliphatic hydroxyl groups is 1. The van der Waals surface area contributed by atoms with E-state index in [1.54, 1.807) is 14.2 Å². The lowest BCUT2D eigenvalue weighted by atomic mass is 9.81. The molecular formula is C26H42O6. The molecule has 0 bridgehead atoms. The van der Waals surface area contributed by atoms with Gasteiger partial charge in [0.15, 0.2) is 6.29 Å². The van der Waals surface area contributed by atoms with Gasteiger partial charge in [-0.15, -0.1) is 0 Å². The van der Waals surface area contributed by atoms with Crippen LogP contribution < -0.4 is 4.74 Å². The van der Waals surface area contributed by atoms with Gasteiger partial charge in [-0.1, -0.05) is 32.9 Å². The summed E-state index contributed by atoms with van der Waals surface area (Å²) in [5.74, 6) is 1.18. The van der Waals surface area contributed by atoms with Crippen molar-refractivity contribution >= 4 is 0 Å². The second-order valence-corrected chi connectivity index (χ2v) is 9.82. The summed E-state index contributed by atoms with van der Waals surface area (Å²) in [4.78, 5) is 0. The SMILES string of the molecule is COc1ccc([C@@H]2OC[C@H](C)[C@@H]([C@@H](C)[C@@H](O)[C@@H](C)CC[C@H]3C[C@H](OC)C[C@H](C)O3)O2)cc1. The van der Waals surface area contributed by atoms with Crippen LogP contribution in [0.1, 0.15) is 65.2 Å². The maximum Gasteiger partial charge on any atom is 0.184 e. The molecule has 182 valence electrons. The van der Waals surface area contributed by atoms with E-state index in [0.717, 1.165) is 37.0 Å². The molecule has 6 heteroatoms. The Bertz CT molecular complexity index is 679. The standard InChI is InChI=1S/C26H42O6/c1-16(7-10-22-14-23(29-6)13-18(3)31-22)24(27)19(4)25-17(2)15-30-26(32-25)20-8-11-21(28-5)12-9-20/h8-9,11-12,16-19,22-27H,7,10,13-15H2,1-6H3/t16-,17-,18-,19-,22-,23+,24-,25-,26+/m0/s1. The molecule has 2 fully saturated rings. The maximum absolute atomic E-state index is 11.2. The average molecular weight is 451 g/mol. The Labute approximate surface area is 193 Å². The van der Waals surface area contributed by atoms with Crippen LogP contribution in [-0.2, 0) is 18.9 Å². The largest absolute Gasteiger partial charge is 0.497 e. The van der Waals surface area contributed by atoms with Crippen LogP contribution in [0.15, 0.2) is 24.3 Å². The first-order valence-corrected chi connectivity index (χ1v) is 12.1. The van der Waals surface area contributed by atoms with Crippen LogP contribution in [0.3, 0.4) is 0 Å². The van der Waals surface area contributed by atoms with Gasteiger partial charge in [0.1, 0.15) is 5.75 Å². The Morgan fingerprint density at radius 3 is 2.44 bits per heavy atom. The van der Waals surface area contributed by atoms with Crippen LogP contribution in [0.5, 0.6) is 5.75 Å². The topological polar surface area (TPSA) is 66.4 Å². The zero-order valence-electron chi connectivity index (χ0n) is 20.5. The van der Waals surface area contributed by atoms with Gasteiger partial charge >= 0.3 is 0 Å². The third kappa shape index (κ3) is 6.45. The molecule has 9 atom stereocenters. The molecule has 1 aromatic carbocycles. The normalized spacial score (nSPS) is 34.0. The number of hydrogen-bond donors (Lipinski definition) is 1. The minimum atomic E-state index is -0.448. The Balaban J connectivity index is 1.54. The molecule has 1 N–H and O–H groups in total. The van der Waals surface area contributed by atoms with Crippen LogP contribution >= 0.6 is 0 Å². The first-order valence-electron chi connectivity index (χ1n) is 12.1. The molecule has 0 aromatic heterocycles. The van der Waals surface area contributed by atoms with Crippen molar-refractivity contribution in [1.82, 2.24) is 0 Å². The third-order valence-corrected chi connectivity index (χ3v) is 7.20. The van der Waals surface area contributed by atoms with Crippen LogP contribution in [0.25, 0.3) is 0 Å². The fourth-order valence-corrected chi connectivity index (χ4v) is 5.14. The van der Waals surface area contributed by atoms with Crippen LogP contribution in [0.2, 0.25) is 0 Å². The highest BCUT2D eigenvalue weighted by Crippen LogP contribution is 2.36. The number of hydrogen-bond acceptors (Lipinski definition) is 6. The van der Waals surface area contributed by atoms with Crippen molar-refractivity contribution in [2.75, 3.05) is 20.8 Å². The number of rotatable bonds is 9. The molecule has 0 radical (unpaired) electrons. The lowest BCUT2D eigenvalue weighted by Crippen LogP contribution is -2.44. The zero-order chi connectivity index (χ0) is 23.3. The van der Waals surface area contributed by atoms with E-state index in [2.05, 4.69) is 27.7 Å². The Morgan fingerprint density at radius 2 is 1.78 bits per heavy atom. The number of ether oxygens (including phenoxy) is 5. The van der Waals surface area contributed by atoms with Gasteiger partial charge in [0.25, 0.3) is 0 Å². The molecule has 2 aliphatic rings. The summed E-state index contributed by atoms with van der Waals surface area (Å²) >= 11 is 0. The van der Waals surface area contributed by atoms with E-state index >= 15 is 0 Å². The van der Waals surface area contributed by atoms with Crippen molar-refractivity contribution in [3.05, 3.63) is 29.8 Å². The predicted octanol–water partition coefficient (Wildman–Crippen LogP) is 4.74. The first-order chi connectivity index (χ1) is 15.3. The number of benzene rings is 1. The summed E-state index contributed by atoms with van der Waals surface area (Å²) in [6, 6.07) is 7.77. The third-order valence-electron chi connectivity index (χ3n) is 7.20. The van der Waals surface area contributed by atoms with Gasteiger partial charge in [-0.2, -0.15) is 0 Å². The van der Waals surface area contributed by atoms with E-state index in [4.69, 9.17) is 23.7 Å². The highest BCUT2D eigenvalue weighted by atomic mass is 16.7. The van der Waals surface area contributed by atoms with Crippen molar-refractivity contribution in [2.24, 2.45) is 17.8 Å². The Hall–Kier alpha value is -1.18. The molecule has 1 aromatic rings. The molecular weight excluding hydrogens is 408 g/mol. The second-order valence-electron chi connectivity index (χ2n) is 9.82. The number of aliphatic hydroxyl groups excluding tert-OH is 1. The molecule has 2 heterocycles. The maximum atomic E-state index is 11.2. The Morgan fingerprint density at radius 1 is 1.06 bits per heavy atom. The summed E-state index contributed by atoms with van der Waals surface area (Å²) in [5, 5.41) is 11.2. The molecule has 0 amide bonds. The minimum absolute atomic E-state index is 0.00238. The summed E-state index contributed by atoms with van der Waals surface area (Å²) in [6.45, 7) is 9.08. The zero-order valence-corrected chi connectivity index (χ0v) is 20.5. The van der Waals surface area contributed by atoms with E-state index in [1.807, 2.05) is 24.3 Å². The second kappa shape index (κ2) is 11.8.